The van der Waals surface area contributed by atoms with Crippen molar-refractivity contribution in [2.75, 3.05) is 10.6 Å². The lowest BCUT2D eigenvalue weighted by atomic mass is 10.1. The van der Waals surface area contributed by atoms with Crippen LogP contribution >= 0.6 is 0 Å². The van der Waals surface area contributed by atoms with Crippen LogP contribution in [0.2, 0.25) is 0 Å². The topological polar surface area (TPSA) is 75.9 Å². The summed E-state index contributed by atoms with van der Waals surface area (Å²) in [6, 6.07) is 12.3. The maximum absolute atomic E-state index is 5.64. The fourth-order valence-corrected chi connectivity index (χ4v) is 2.98. The minimum Gasteiger partial charge on any atom is -0.339 e. The summed E-state index contributed by atoms with van der Waals surface area (Å²) in [6.07, 6.45) is 1.82. The zero-order valence-corrected chi connectivity index (χ0v) is 15.7. The maximum Gasteiger partial charge on any atom is 0.229 e. The third-order valence-corrected chi connectivity index (χ3v) is 4.34. The molecule has 5 nitrogen and oxygen atoms in total. The predicted octanol–water partition coefficient (Wildman–Crippen LogP) is 4.66. The first-order valence-corrected chi connectivity index (χ1v) is 8.71. The van der Waals surface area contributed by atoms with E-state index in [9.17, 15) is 0 Å². The first-order chi connectivity index (χ1) is 12.5. The van der Waals surface area contributed by atoms with Crippen molar-refractivity contribution in [3.8, 4) is 0 Å². The minimum absolute atomic E-state index is 0.532. The van der Waals surface area contributed by atoms with E-state index >= 15 is 0 Å². The van der Waals surface area contributed by atoms with Gasteiger partial charge in [0.1, 0.15) is 5.82 Å². The van der Waals surface area contributed by atoms with Gasteiger partial charge in [-0.3, -0.25) is 0 Å². The van der Waals surface area contributed by atoms with Gasteiger partial charge in [0.05, 0.1) is 0 Å². The van der Waals surface area contributed by atoms with Crippen LogP contribution in [0.25, 0.3) is 0 Å². The molecule has 5 heteroatoms. The van der Waals surface area contributed by atoms with E-state index in [0.29, 0.717) is 12.5 Å². The Morgan fingerprint density at radius 1 is 0.885 bits per heavy atom. The van der Waals surface area contributed by atoms with Gasteiger partial charge in [0.2, 0.25) is 5.95 Å². The molecule has 1 heterocycles. The Morgan fingerprint density at radius 3 is 2.15 bits per heavy atom. The highest BCUT2D eigenvalue weighted by molar-refractivity contribution is 5.68. The van der Waals surface area contributed by atoms with Crippen LogP contribution in [0.15, 0.2) is 42.6 Å². The first kappa shape index (κ1) is 17.9. The van der Waals surface area contributed by atoms with E-state index in [2.05, 4.69) is 53.5 Å². The van der Waals surface area contributed by atoms with Gasteiger partial charge in [-0.1, -0.05) is 29.8 Å². The summed E-state index contributed by atoms with van der Waals surface area (Å²) in [5.41, 5.74) is 13.4. The Kier molecular flexibility index (Phi) is 5.19. The van der Waals surface area contributed by atoms with Crippen LogP contribution in [0.3, 0.4) is 0 Å². The zero-order valence-electron chi connectivity index (χ0n) is 15.7. The monoisotopic (exact) mass is 347 g/mol. The zero-order chi connectivity index (χ0) is 18.7. The molecule has 0 saturated heterocycles. The lowest BCUT2D eigenvalue weighted by molar-refractivity contribution is 1.07. The van der Waals surface area contributed by atoms with E-state index in [0.717, 1.165) is 28.3 Å². The molecule has 0 aliphatic heterocycles. The fraction of sp³-hybridized carbons (Fsp3) is 0.238. The molecule has 134 valence electrons. The molecule has 0 spiro atoms. The van der Waals surface area contributed by atoms with Gasteiger partial charge < -0.3 is 16.4 Å². The van der Waals surface area contributed by atoms with Gasteiger partial charge in [-0.05, 0) is 56.5 Å². The largest absolute Gasteiger partial charge is 0.339 e. The molecule has 3 aromatic rings. The normalized spacial score (nSPS) is 10.7. The van der Waals surface area contributed by atoms with Crippen molar-refractivity contribution in [1.82, 2.24) is 9.97 Å². The van der Waals surface area contributed by atoms with E-state index in [-0.39, 0.29) is 0 Å². The molecule has 0 amide bonds. The van der Waals surface area contributed by atoms with Gasteiger partial charge in [-0.15, -0.1) is 0 Å². The summed E-state index contributed by atoms with van der Waals surface area (Å²) in [5, 5.41) is 6.72. The van der Waals surface area contributed by atoms with Crippen LogP contribution < -0.4 is 16.4 Å². The summed E-state index contributed by atoms with van der Waals surface area (Å²) >= 11 is 0. The molecule has 26 heavy (non-hydrogen) atoms. The number of aromatic nitrogens is 2. The third kappa shape index (κ3) is 4.00. The van der Waals surface area contributed by atoms with Crippen LogP contribution in [0.5, 0.6) is 0 Å². The maximum atomic E-state index is 5.64. The molecular formula is C21H25N5. The molecule has 0 fully saturated rings. The average Bonchev–Trinajstić information content (AvgIpc) is 2.61. The molecule has 0 unspecified atom stereocenters. The van der Waals surface area contributed by atoms with Gasteiger partial charge in [0, 0.05) is 29.7 Å². The van der Waals surface area contributed by atoms with Gasteiger partial charge in [-0.2, -0.15) is 4.98 Å². The number of hydrogen-bond donors (Lipinski definition) is 3. The highest BCUT2D eigenvalue weighted by Crippen LogP contribution is 2.27. The number of nitrogens with one attached hydrogen (secondary N) is 2. The predicted molar refractivity (Wildman–Crippen MR) is 108 cm³/mol. The Morgan fingerprint density at radius 2 is 1.54 bits per heavy atom. The second-order valence-electron chi connectivity index (χ2n) is 6.65. The molecule has 2 aromatic carbocycles. The Hall–Kier alpha value is -2.92. The molecule has 0 saturated carbocycles. The van der Waals surface area contributed by atoms with Crippen molar-refractivity contribution in [3.05, 3.63) is 70.4 Å². The molecule has 0 aliphatic carbocycles. The molecule has 0 bridgehead atoms. The van der Waals surface area contributed by atoms with Gasteiger partial charge >= 0.3 is 0 Å². The van der Waals surface area contributed by atoms with Crippen LogP contribution in [-0.4, -0.2) is 9.97 Å². The van der Waals surface area contributed by atoms with E-state index in [4.69, 9.17) is 5.73 Å². The number of nitrogens with zero attached hydrogens (tertiary/aromatic N) is 2. The van der Waals surface area contributed by atoms with Crippen molar-refractivity contribution in [1.29, 1.82) is 0 Å². The third-order valence-electron chi connectivity index (χ3n) is 4.34. The molecule has 0 atom stereocenters. The van der Waals surface area contributed by atoms with Crippen molar-refractivity contribution in [2.45, 2.75) is 34.2 Å². The molecular weight excluding hydrogens is 322 g/mol. The van der Waals surface area contributed by atoms with E-state index in [1.54, 1.807) is 0 Å². The lowest BCUT2D eigenvalue weighted by Gasteiger charge is -2.15. The molecule has 1 aromatic heterocycles. The average molecular weight is 347 g/mol. The summed E-state index contributed by atoms with van der Waals surface area (Å²) in [4.78, 5) is 9.04. The quantitative estimate of drug-likeness (QED) is 0.626. The number of hydrogen-bond acceptors (Lipinski definition) is 5. The highest BCUT2D eigenvalue weighted by atomic mass is 15.1. The van der Waals surface area contributed by atoms with Crippen LogP contribution in [0.4, 0.5) is 23.1 Å². The van der Waals surface area contributed by atoms with Gasteiger partial charge in [-0.25, -0.2) is 4.98 Å². The lowest BCUT2D eigenvalue weighted by Crippen LogP contribution is -2.05. The summed E-state index contributed by atoms with van der Waals surface area (Å²) in [7, 11) is 0. The van der Waals surface area contributed by atoms with Gasteiger partial charge in [0.25, 0.3) is 0 Å². The Bertz CT molecular complexity index is 893. The molecule has 4 N–H and O–H groups in total. The summed E-state index contributed by atoms with van der Waals surface area (Å²) in [6.45, 7) is 8.86. The Balaban J connectivity index is 1.86. The number of anilines is 4. The van der Waals surface area contributed by atoms with E-state index in [1.165, 1.54) is 16.7 Å². The van der Waals surface area contributed by atoms with E-state index < -0.39 is 0 Å². The number of benzene rings is 2. The number of aryl methyl sites for hydroxylation is 4. The number of nitrogens with two attached hydrogens (primary N) is 1. The molecule has 0 aliphatic rings. The minimum atomic E-state index is 0.532. The Labute approximate surface area is 154 Å². The van der Waals surface area contributed by atoms with Crippen LogP contribution in [-0.2, 0) is 6.54 Å². The van der Waals surface area contributed by atoms with Crippen molar-refractivity contribution in [2.24, 2.45) is 5.73 Å². The van der Waals surface area contributed by atoms with Crippen molar-refractivity contribution >= 4 is 23.1 Å². The first-order valence-electron chi connectivity index (χ1n) is 8.71. The second-order valence-corrected chi connectivity index (χ2v) is 6.65. The van der Waals surface area contributed by atoms with Crippen LogP contribution in [0, 0.1) is 27.7 Å². The SMILES string of the molecule is Cc1cc(C)c(Nc2nc(Nc3ccc(CN)cc3)ncc2C)c(C)c1. The second kappa shape index (κ2) is 7.54. The smallest absolute Gasteiger partial charge is 0.229 e. The summed E-state index contributed by atoms with van der Waals surface area (Å²) in [5.74, 6) is 1.36. The highest BCUT2D eigenvalue weighted by Gasteiger charge is 2.09. The van der Waals surface area contributed by atoms with Gasteiger partial charge in [0.15, 0.2) is 0 Å². The summed E-state index contributed by atoms with van der Waals surface area (Å²) < 4.78 is 0. The molecule has 0 radical (unpaired) electrons. The molecule has 3 rings (SSSR count). The fourth-order valence-electron chi connectivity index (χ4n) is 2.98. The standard InChI is InChI=1S/C21H25N5/c1-13-9-14(2)19(15(3)10-13)25-20-16(4)12-23-21(26-20)24-18-7-5-17(11-22)6-8-18/h5-10,12H,11,22H2,1-4H3,(H2,23,24,25,26). The van der Waals surface area contributed by atoms with E-state index in [1.807, 2.05) is 37.4 Å². The van der Waals surface area contributed by atoms with Crippen molar-refractivity contribution < 1.29 is 0 Å². The number of rotatable bonds is 5. The van der Waals surface area contributed by atoms with Crippen molar-refractivity contribution in [3.63, 3.8) is 0 Å². The van der Waals surface area contributed by atoms with Crippen LogP contribution in [0.1, 0.15) is 27.8 Å².